The van der Waals surface area contributed by atoms with Gasteiger partial charge in [0, 0.05) is 6.04 Å². The van der Waals surface area contributed by atoms with Gasteiger partial charge in [0.25, 0.3) is 0 Å². The van der Waals surface area contributed by atoms with Crippen LogP contribution in [-0.4, -0.2) is 22.7 Å². The van der Waals surface area contributed by atoms with Crippen molar-refractivity contribution in [3.63, 3.8) is 0 Å². The minimum absolute atomic E-state index is 0.190. The molecule has 3 nitrogen and oxygen atoms in total. The van der Waals surface area contributed by atoms with Crippen molar-refractivity contribution in [3.8, 4) is 0 Å². The Morgan fingerprint density at radius 2 is 1.70 bits per heavy atom. The summed E-state index contributed by atoms with van der Waals surface area (Å²) in [5.41, 5.74) is 1.94. The predicted octanol–water partition coefficient (Wildman–Crippen LogP) is 2.63. The molecule has 2 bridgehead atoms. The second-order valence-electron chi connectivity index (χ2n) is 6.62. The van der Waals surface area contributed by atoms with Gasteiger partial charge >= 0.3 is 5.97 Å². The summed E-state index contributed by atoms with van der Waals surface area (Å²) < 4.78 is 0. The number of nitrogens with one attached hydrogen (secondary N) is 1. The molecule has 2 aliphatic carbocycles. The van der Waals surface area contributed by atoms with Crippen molar-refractivity contribution in [1.82, 2.24) is 5.32 Å². The first-order valence-corrected chi connectivity index (χ1v) is 7.62. The number of carboxylic acids is 1. The zero-order chi connectivity index (χ0) is 14.3. The lowest BCUT2D eigenvalue weighted by atomic mass is 9.78. The molecule has 0 saturated heterocycles. The van der Waals surface area contributed by atoms with Gasteiger partial charge < -0.3 is 5.11 Å². The third kappa shape index (κ3) is 1.96. The van der Waals surface area contributed by atoms with Crippen LogP contribution < -0.4 is 5.32 Å². The summed E-state index contributed by atoms with van der Waals surface area (Å²) in [6.45, 7) is 4.09. The van der Waals surface area contributed by atoms with Crippen molar-refractivity contribution in [2.24, 2.45) is 11.8 Å². The van der Waals surface area contributed by atoms with E-state index in [2.05, 4.69) is 29.6 Å². The third-order valence-electron chi connectivity index (χ3n) is 5.08. The normalized spacial score (nSPS) is 31.9. The van der Waals surface area contributed by atoms with E-state index in [0.717, 1.165) is 25.7 Å². The van der Waals surface area contributed by atoms with Gasteiger partial charge in [-0.1, -0.05) is 24.3 Å². The lowest BCUT2D eigenvalue weighted by molar-refractivity contribution is -0.149. The second kappa shape index (κ2) is 4.88. The first-order valence-electron chi connectivity index (χ1n) is 7.62. The lowest BCUT2D eigenvalue weighted by Crippen LogP contribution is -2.61. The molecule has 1 aromatic rings. The van der Waals surface area contributed by atoms with Gasteiger partial charge in [-0.2, -0.15) is 0 Å². The summed E-state index contributed by atoms with van der Waals surface area (Å²) in [4.78, 5) is 12.1. The number of carbonyl (C=O) groups is 1. The number of rotatable bonds is 3. The molecule has 1 fully saturated rings. The van der Waals surface area contributed by atoms with Gasteiger partial charge in [0.15, 0.2) is 0 Å². The molecule has 0 heterocycles. The minimum atomic E-state index is -0.743. The Morgan fingerprint density at radius 1 is 1.20 bits per heavy atom. The molecule has 0 aromatic heterocycles. The quantitative estimate of drug-likeness (QED) is 0.890. The summed E-state index contributed by atoms with van der Waals surface area (Å²) >= 11 is 0. The predicted molar refractivity (Wildman–Crippen MR) is 78.7 cm³/mol. The molecular weight excluding hydrogens is 250 g/mol. The van der Waals surface area contributed by atoms with Crippen LogP contribution >= 0.6 is 0 Å². The van der Waals surface area contributed by atoms with E-state index in [1.54, 1.807) is 0 Å². The van der Waals surface area contributed by atoms with Crippen LogP contribution in [0.2, 0.25) is 0 Å². The Kier molecular flexibility index (Phi) is 3.33. The highest BCUT2D eigenvalue weighted by Crippen LogP contribution is 2.47. The fraction of sp³-hybridized carbons (Fsp3) is 0.588. The van der Waals surface area contributed by atoms with E-state index in [1.165, 1.54) is 11.1 Å². The van der Waals surface area contributed by atoms with Crippen LogP contribution in [0.15, 0.2) is 24.3 Å². The van der Waals surface area contributed by atoms with Gasteiger partial charge in [0.05, 0.1) is 0 Å². The van der Waals surface area contributed by atoms with Crippen molar-refractivity contribution >= 4 is 5.97 Å². The van der Waals surface area contributed by atoms with Crippen LogP contribution in [0, 0.1) is 11.8 Å². The lowest BCUT2D eigenvalue weighted by Gasteiger charge is -2.37. The Bertz CT molecular complexity index is 490. The fourth-order valence-corrected chi connectivity index (χ4v) is 4.33. The summed E-state index contributed by atoms with van der Waals surface area (Å²) in [5, 5.41) is 13.4. The Labute approximate surface area is 120 Å². The second-order valence-corrected chi connectivity index (χ2v) is 6.62. The summed E-state index contributed by atoms with van der Waals surface area (Å²) in [7, 11) is 0. The molecule has 1 aromatic carbocycles. The highest BCUT2D eigenvalue weighted by molar-refractivity contribution is 5.81. The first-order chi connectivity index (χ1) is 9.54. The number of fused-ring (bicyclic) bond motifs is 3. The van der Waals surface area contributed by atoms with E-state index in [9.17, 15) is 9.90 Å². The molecule has 0 aliphatic heterocycles. The van der Waals surface area contributed by atoms with Crippen LogP contribution in [0.3, 0.4) is 0 Å². The SMILES string of the molecule is CC(C)NC1(C(=O)O)C2CCC1Cc1ccccc1C2. The standard InChI is InChI=1S/C17H23NO2/c1-11(2)18-17(16(19)20)14-7-8-15(17)10-13-6-4-3-5-12(13)9-14/h3-6,11,14-15,18H,7-10H2,1-2H3,(H,19,20). The molecule has 20 heavy (non-hydrogen) atoms. The van der Waals surface area contributed by atoms with E-state index in [0.29, 0.717) is 0 Å². The Morgan fingerprint density at radius 3 is 2.10 bits per heavy atom. The molecule has 108 valence electrons. The molecule has 2 unspecified atom stereocenters. The van der Waals surface area contributed by atoms with Gasteiger partial charge in [-0.25, -0.2) is 0 Å². The Hall–Kier alpha value is -1.35. The highest BCUT2D eigenvalue weighted by Gasteiger charge is 2.56. The summed E-state index contributed by atoms with van der Waals surface area (Å²) in [6, 6.07) is 8.65. The third-order valence-corrected chi connectivity index (χ3v) is 5.08. The average molecular weight is 273 g/mol. The van der Waals surface area contributed by atoms with Gasteiger partial charge in [-0.3, -0.25) is 10.1 Å². The van der Waals surface area contributed by atoms with Gasteiger partial charge in [-0.05, 0) is 62.5 Å². The van der Waals surface area contributed by atoms with Crippen LogP contribution in [0.25, 0.3) is 0 Å². The molecule has 0 radical (unpaired) electrons. The van der Waals surface area contributed by atoms with Crippen molar-refractivity contribution in [2.75, 3.05) is 0 Å². The number of hydrogen-bond donors (Lipinski definition) is 2. The summed E-state index contributed by atoms with van der Waals surface area (Å²) in [5.74, 6) is -0.251. The number of hydrogen-bond acceptors (Lipinski definition) is 2. The molecule has 3 rings (SSSR count). The zero-order valence-electron chi connectivity index (χ0n) is 12.2. The van der Waals surface area contributed by atoms with E-state index in [4.69, 9.17) is 0 Å². The molecule has 2 N–H and O–H groups in total. The van der Waals surface area contributed by atoms with Crippen molar-refractivity contribution in [3.05, 3.63) is 35.4 Å². The molecule has 3 heteroatoms. The maximum absolute atomic E-state index is 12.1. The van der Waals surface area contributed by atoms with E-state index >= 15 is 0 Å². The number of carboxylic acid groups (broad SMARTS) is 1. The van der Waals surface area contributed by atoms with Crippen LogP contribution in [0.4, 0.5) is 0 Å². The molecule has 2 atom stereocenters. The zero-order valence-corrected chi connectivity index (χ0v) is 12.2. The van der Waals surface area contributed by atoms with Gasteiger partial charge in [-0.15, -0.1) is 0 Å². The van der Waals surface area contributed by atoms with Gasteiger partial charge in [0.2, 0.25) is 0 Å². The minimum Gasteiger partial charge on any atom is -0.480 e. The van der Waals surface area contributed by atoms with Crippen molar-refractivity contribution < 1.29 is 9.90 Å². The van der Waals surface area contributed by atoms with E-state index in [-0.39, 0.29) is 17.9 Å². The molecule has 0 amide bonds. The van der Waals surface area contributed by atoms with Crippen molar-refractivity contribution in [1.29, 1.82) is 0 Å². The van der Waals surface area contributed by atoms with Crippen LogP contribution in [-0.2, 0) is 17.6 Å². The average Bonchev–Trinajstić information content (AvgIpc) is 2.62. The van der Waals surface area contributed by atoms with Crippen LogP contribution in [0.1, 0.15) is 37.8 Å². The fourth-order valence-electron chi connectivity index (χ4n) is 4.33. The number of aliphatic carboxylic acids is 1. The monoisotopic (exact) mass is 273 g/mol. The summed E-state index contributed by atoms with van der Waals surface area (Å²) in [6.07, 6.45) is 3.81. The maximum Gasteiger partial charge on any atom is 0.324 e. The molecular formula is C17H23NO2. The van der Waals surface area contributed by atoms with E-state index in [1.807, 2.05) is 13.8 Å². The van der Waals surface area contributed by atoms with Crippen LogP contribution in [0.5, 0.6) is 0 Å². The smallest absolute Gasteiger partial charge is 0.324 e. The van der Waals surface area contributed by atoms with Gasteiger partial charge in [0.1, 0.15) is 5.54 Å². The maximum atomic E-state index is 12.1. The first kappa shape index (κ1) is 13.6. The molecule has 0 spiro atoms. The number of benzene rings is 1. The van der Waals surface area contributed by atoms with Crippen molar-refractivity contribution in [2.45, 2.75) is 51.1 Å². The van der Waals surface area contributed by atoms with E-state index < -0.39 is 11.5 Å². The molecule has 1 saturated carbocycles. The topological polar surface area (TPSA) is 49.3 Å². The Balaban J connectivity index is 2.04. The largest absolute Gasteiger partial charge is 0.480 e. The molecule has 2 aliphatic rings. The highest BCUT2D eigenvalue weighted by atomic mass is 16.4.